The van der Waals surface area contributed by atoms with Gasteiger partial charge in [-0.05, 0) is 44.0 Å². The van der Waals surface area contributed by atoms with E-state index in [1.807, 2.05) is 11.9 Å². The maximum Gasteiger partial charge on any atom is 0.259 e. The van der Waals surface area contributed by atoms with E-state index < -0.39 is 0 Å². The van der Waals surface area contributed by atoms with Gasteiger partial charge in [-0.2, -0.15) is 0 Å². The number of aromatic nitrogens is 1. The van der Waals surface area contributed by atoms with Gasteiger partial charge < -0.3 is 9.42 Å². The minimum atomic E-state index is -0.317. The van der Waals surface area contributed by atoms with Crippen LogP contribution in [0.2, 0.25) is 0 Å². The number of carbonyl (C=O) groups excluding carboxylic acids is 1. The Balaban J connectivity index is 1.89. The third kappa shape index (κ3) is 3.35. The first kappa shape index (κ1) is 16.7. The van der Waals surface area contributed by atoms with Crippen molar-refractivity contribution in [3.05, 3.63) is 41.4 Å². The molecule has 1 aromatic heterocycles. The Morgan fingerprint density at radius 3 is 2.42 bits per heavy atom. The van der Waals surface area contributed by atoms with Crippen molar-refractivity contribution in [1.29, 1.82) is 0 Å². The quantitative estimate of drug-likeness (QED) is 0.774. The van der Waals surface area contributed by atoms with Crippen molar-refractivity contribution in [2.75, 3.05) is 7.05 Å². The van der Waals surface area contributed by atoms with Crippen molar-refractivity contribution in [3.8, 4) is 11.3 Å². The van der Waals surface area contributed by atoms with Crippen LogP contribution in [0, 0.1) is 12.7 Å². The van der Waals surface area contributed by atoms with Gasteiger partial charge in [-0.1, -0.05) is 30.8 Å². The van der Waals surface area contributed by atoms with Crippen molar-refractivity contribution in [1.82, 2.24) is 10.1 Å². The first-order valence-corrected chi connectivity index (χ1v) is 8.57. The summed E-state index contributed by atoms with van der Waals surface area (Å²) in [6.45, 7) is 1.74. The van der Waals surface area contributed by atoms with E-state index in [-0.39, 0.29) is 17.8 Å². The minimum absolute atomic E-state index is 0.0695. The summed E-state index contributed by atoms with van der Waals surface area (Å²) in [6, 6.07) is 6.23. The summed E-state index contributed by atoms with van der Waals surface area (Å²) in [7, 11) is 1.86. The SMILES string of the molecule is Cc1onc(-c2ccc(F)cc2)c1C(=O)N(C)C1CCCCCC1. The van der Waals surface area contributed by atoms with Crippen LogP contribution in [-0.4, -0.2) is 29.1 Å². The average Bonchev–Trinajstić information content (AvgIpc) is 2.80. The summed E-state index contributed by atoms with van der Waals surface area (Å²) in [5.74, 6) is 0.113. The highest BCUT2D eigenvalue weighted by Gasteiger charge is 2.28. The highest BCUT2D eigenvalue weighted by molar-refractivity contribution is 6.00. The number of nitrogens with zero attached hydrogens (tertiary/aromatic N) is 2. The number of rotatable bonds is 3. The molecule has 0 bridgehead atoms. The van der Waals surface area contributed by atoms with Crippen LogP contribution in [0.3, 0.4) is 0 Å². The van der Waals surface area contributed by atoms with Crippen LogP contribution in [0.25, 0.3) is 11.3 Å². The Kier molecular flexibility index (Phi) is 4.97. The Bertz CT molecular complexity index is 701. The Morgan fingerprint density at radius 1 is 1.17 bits per heavy atom. The van der Waals surface area contributed by atoms with E-state index in [0.717, 1.165) is 25.7 Å². The number of hydrogen-bond donors (Lipinski definition) is 0. The van der Waals surface area contributed by atoms with Crippen molar-refractivity contribution in [2.24, 2.45) is 0 Å². The number of benzene rings is 1. The third-order valence-corrected chi connectivity index (χ3v) is 4.89. The van der Waals surface area contributed by atoms with Gasteiger partial charge in [0.05, 0.1) is 0 Å². The summed E-state index contributed by atoms with van der Waals surface area (Å²) in [5, 5.41) is 4.04. The van der Waals surface area contributed by atoms with Crippen molar-refractivity contribution >= 4 is 5.91 Å². The zero-order chi connectivity index (χ0) is 17.1. The summed E-state index contributed by atoms with van der Waals surface area (Å²) in [5.41, 5.74) is 1.65. The topological polar surface area (TPSA) is 46.3 Å². The molecule has 0 atom stereocenters. The van der Waals surface area contributed by atoms with E-state index in [4.69, 9.17) is 4.52 Å². The molecule has 0 radical (unpaired) electrons. The molecule has 1 fully saturated rings. The van der Waals surface area contributed by atoms with Crippen LogP contribution in [0.5, 0.6) is 0 Å². The van der Waals surface area contributed by atoms with Gasteiger partial charge >= 0.3 is 0 Å². The average molecular weight is 330 g/mol. The molecule has 128 valence electrons. The lowest BCUT2D eigenvalue weighted by Gasteiger charge is -2.27. The Hall–Kier alpha value is -2.17. The van der Waals surface area contributed by atoms with Gasteiger partial charge in [0.1, 0.15) is 22.8 Å². The standard InChI is InChI=1S/C19H23FN2O2/c1-13-17(18(21-24-13)14-9-11-15(20)12-10-14)19(23)22(2)16-7-5-3-4-6-8-16/h9-12,16H,3-8H2,1-2H3. The molecule has 3 rings (SSSR count). The Labute approximate surface area is 141 Å². The van der Waals surface area contributed by atoms with E-state index in [0.29, 0.717) is 22.6 Å². The monoisotopic (exact) mass is 330 g/mol. The molecular formula is C19H23FN2O2. The predicted octanol–water partition coefficient (Wildman–Crippen LogP) is 4.58. The number of amides is 1. The predicted molar refractivity (Wildman–Crippen MR) is 90.2 cm³/mol. The molecule has 0 aliphatic heterocycles. The lowest BCUT2D eigenvalue weighted by Crippen LogP contribution is -2.37. The van der Waals surface area contributed by atoms with E-state index in [2.05, 4.69) is 5.16 Å². The maximum absolute atomic E-state index is 13.2. The lowest BCUT2D eigenvalue weighted by molar-refractivity contribution is 0.0716. The van der Waals surface area contributed by atoms with Crippen LogP contribution in [-0.2, 0) is 0 Å². The van der Waals surface area contributed by atoms with Gasteiger partial charge in [-0.3, -0.25) is 4.79 Å². The van der Waals surface area contributed by atoms with Gasteiger partial charge in [-0.25, -0.2) is 4.39 Å². The zero-order valence-corrected chi connectivity index (χ0v) is 14.2. The number of halogens is 1. The van der Waals surface area contributed by atoms with E-state index >= 15 is 0 Å². The fraction of sp³-hybridized carbons (Fsp3) is 0.474. The molecule has 1 saturated carbocycles. The number of carbonyl (C=O) groups is 1. The zero-order valence-electron chi connectivity index (χ0n) is 14.2. The van der Waals surface area contributed by atoms with Crippen LogP contribution in [0.1, 0.15) is 54.6 Å². The summed E-state index contributed by atoms with van der Waals surface area (Å²) < 4.78 is 18.4. The summed E-state index contributed by atoms with van der Waals surface area (Å²) >= 11 is 0. The van der Waals surface area contributed by atoms with Crippen LogP contribution in [0.4, 0.5) is 4.39 Å². The van der Waals surface area contributed by atoms with Gasteiger partial charge in [0, 0.05) is 18.7 Å². The number of aryl methyl sites for hydroxylation is 1. The van der Waals surface area contributed by atoms with Gasteiger partial charge in [0.25, 0.3) is 5.91 Å². The molecular weight excluding hydrogens is 307 g/mol. The van der Waals surface area contributed by atoms with Crippen LogP contribution >= 0.6 is 0 Å². The summed E-state index contributed by atoms with van der Waals surface area (Å²) in [6.07, 6.45) is 6.89. The molecule has 0 N–H and O–H groups in total. The molecule has 1 amide bonds. The highest BCUT2D eigenvalue weighted by Crippen LogP contribution is 2.29. The van der Waals surface area contributed by atoms with Gasteiger partial charge in [0.2, 0.25) is 0 Å². The molecule has 1 aliphatic carbocycles. The molecule has 1 aromatic carbocycles. The number of hydrogen-bond acceptors (Lipinski definition) is 3. The van der Waals surface area contributed by atoms with Crippen molar-refractivity contribution < 1.29 is 13.7 Å². The first-order valence-electron chi connectivity index (χ1n) is 8.57. The van der Waals surface area contributed by atoms with Gasteiger partial charge in [0.15, 0.2) is 0 Å². The fourth-order valence-electron chi connectivity index (χ4n) is 3.42. The second kappa shape index (κ2) is 7.16. The van der Waals surface area contributed by atoms with Crippen LogP contribution in [0.15, 0.2) is 28.8 Å². The minimum Gasteiger partial charge on any atom is -0.360 e. The normalized spacial score (nSPS) is 16.0. The fourth-order valence-corrected chi connectivity index (χ4v) is 3.42. The molecule has 4 nitrogen and oxygen atoms in total. The molecule has 0 saturated heterocycles. The molecule has 0 spiro atoms. The van der Waals surface area contributed by atoms with Crippen molar-refractivity contribution in [3.63, 3.8) is 0 Å². The van der Waals surface area contributed by atoms with Gasteiger partial charge in [-0.15, -0.1) is 0 Å². The van der Waals surface area contributed by atoms with Crippen LogP contribution < -0.4 is 0 Å². The van der Waals surface area contributed by atoms with E-state index in [1.165, 1.54) is 25.0 Å². The molecule has 24 heavy (non-hydrogen) atoms. The van der Waals surface area contributed by atoms with E-state index in [1.54, 1.807) is 19.1 Å². The molecule has 1 heterocycles. The summed E-state index contributed by atoms with van der Waals surface area (Å²) in [4.78, 5) is 14.9. The molecule has 1 aliphatic rings. The molecule has 5 heteroatoms. The second-order valence-electron chi connectivity index (χ2n) is 6.53. The maximum atomic E-state index is 13.2. The largest absolute Gasteiger partial charge is 0.360 e. The highest BCUT2D eigenvalue weighted by atomic mass is 19.1. The lowest BCUT2D eigenvalue weighted by atomic mass is 10.0. The first-order chi connectivity index (χ1) is 11.6. The van der Waals surface area contributed by atoms with Crippen molar-refractivity contribution in [2.45, 2.75) is 51.5 Å². The second-order valence-corrected chi connectivity index (χ2v) is 6.53. The third-order valence-electron chi connectivity index (χ3n) is 4.89. The van der Waals surface area contributed by atoms with E-state index in [9.17, 15) is 9.18 Å². The molecule has 0 unspecified atom stereocenters. The molecule has 2 aromatic rings. The smallest absolute Gasteiger partial charge is 0.259 e. The Morgan fingerprint density at radius 2 is 1.79 bits per heavy atom.